The lowest BCUT2D eigenvalue weighted by Crippen LogP contribution is -2.23. The van der Waals surface area contributed by atoms with E-state index in [2.05, 4.69) is 30.9 Å². The molecule has 4 heterocycles. The number of nitrogens with zero attached hydrogens (tertiary/aromatic N) is 5. The van der Waals surface area contributed by atoms with E-state index >= 15 is 0 Å². The van der Waals surface area contributed by atoms with Gasteiger partial charge in [0.05, 0.1) is 24.5 Å². The monoisotopic (exact) mass is 437 g/mol. The second-order valence-electron chi connectivity index (χ2n) is 7.29. The molecule has 1 aliphatic heterocycles. The summed E-state index contributed by atoms with van der Waals surface area (Å²) in [5, 5.41) is 14.1. The molecule has 1 saturated heterocycles. The maximum absolute atomic E-state index is 14.3. The van der Waals surface area contributed by atoms with Gasteiger partial charge in [0.15, 0.2) is 17.5 Å². The Labute approximate surface area is 180 Å². The second-order valence-corrected chi connectivity index (χ2v) is 7.29. The van der Waals surface area contributed by atoms with Crippen LogP contribution in [0.2, 0.25) is 0 Å². The zero-order valence-electron chi connectivity index (χ0n) is 16.6. The van der Waals surface area contributed by atoms with Crippen LogP contribution >= 0.6 is 0 Å². The van der Waals surface area contributed by atoms with E-state index in [0.29, 0.717) is 29.2 Å². The zero-order chi connectivity index (χ0) is 22.1. The molecular formula is C21H17F2N7O2. The minimum absolute atomic E-state index is 0.0249. The highest BCUT2D eigenvalue weighted by atomic mass is 19.1. The quantitative estimate of drug-likeness (QED) is 0.477. The number of anilines is 1. The van der Waals surface area contributed by atoms with Crippen LogP contribution in [0.3, 0.4) is 0 Å². The van der Waals surface area contributed by atoms with Crippen LogP contribution in [0.15, 0.2) is 53.4 Å². The molecule has 0 bridgehead atoms. The Bertz CT molecular complexity index is 1270. The molecule has 11 heteroatoms. The van der Waals surface area contributed by atoms with Crippen LogP contribution in [0.25, 0.3) is 22.9 Å². The molecule has 1 amide bonds. The number of carbonyl (C=O) groups is 1. The van der Waals surface area contributed by atoms with Gasteiger partial charge < -0.3 is 15.2 Å². The first-order valence-electron chi connectivity index (χ1n) is 9.85. The predicted molar refractivity (Wildman–Crippen MR) is 109 cm³/mol. The Morgan fingerprint density at radius 3 is 2.81 bits per heavy atom. The van der Waals surface area contributed by atoms with Crippen molar-refractivity contribution in [2.24, 2.45) is 0 Å². The zero-order valence-corrected chi connectivity index (χ0v) is 16.6. The molecular weight excluding hydrogens is 420 g/mol. The van der Waals surface area contributed by atoms with Gasteiger partial charge in [-0.15, -0.1) is 0 Å². The van der Waals surface area contributed by atoms with Gasteiger partial charge in [0.2, 0.25) is 5.91 Å². The van der Waals surface area contributed by atoms with Crippen LogP contribution in [0, 0.1) is 11.6 Å². The molecule has 1 fully saturated rings. The van der Waals surface area contributed by atoms with Crippen LogP contribution < -0.4 is 10.6 Å². The third-order valence-electron chi connectivity index (χ3n) is 5.05. The number of benzene rings is 1. The number of rotatable bonds is 6. The van der Waals surface area contributed by atoms with Crippen LogP contribution in [0.1, 0.15) is 12.0 Å². The van der Waals surface area contributed by atoms with Gasteiger partial charge in [0, 0.05) is 24.6 Å². The first-order valence-corrected chi connectivity index (χ1v) is 9.85. The van der Waals surface area contributed by atoms with Crippen molar-refractivity contribution in [2.45, 2.75) is 19.0 Å². The third kappa shape index (κ3) is 3.92. The van der Waals surface area contributed by atoms with E-state index in [-0.39, 0.29) is 42.4 Å². The fourth-order valence-corrected chi connectivity index (χ4v) is 3.48. The van der Waals surface area contributed by atoms with Crippen molar-refractivity contribution in [3.05, 3.63) is 66.1 Å². The number of halogens is 2. The van der Waals surface area contributed by atoms with E-state index in [9.17, 15) is 13.6 Å². The number of hydrogen-bond donors (Lipinski definition) is 2. The topological polar surface area (TPSA) is 111 Å². The molecule has 0 saturated carbocycles. The van der Waals surface area contributed by atoms with Crippen molar-refractivity contribution in [2.75, 3.05) is 11.9 Å². The number of aromatic nitrogens is 5. The summed E-state index contributed by atoms with van der Waals surface area (Å²) in [6.45, 7) is 0.516. The maximum atomic E-state index is 14.3. The van der Waals surface area contributed by atoms with Gasteiger partial charge in [-0.05, 0) is 12.1 Å². The van der Waals surface area contributed by atoms with Crippen LogP contribution in [0.4, 0.5) is 14.6 Å². The molecule has 4 aromatic rings. The van der Waals surface area contributed by atoms with Crippen molar-refractivity contribution in [1.29, 1.82) is 0 Å². The van der Waals surface area contributed by atoms with E-state index in [4.69, 9.17) is 4.52 Å². The van der Waals surface area contributed by atoms with Crippen LogP contribution in [-0.4, -0.2) is 43.4 Å². The summed E-state index contributed by atoms with van der Waals surface area (Å²) >= 11 is 0. The van der Waals surface area contributed by atoms with Gasteiger partial charge in [0.1, 0.15) is 23.5 Å². The molecule has 9 nitrogen and oxygen atoms in total. The molecule has 1 atom stereocenters. The van der Waals surface area contributed by atoms with Crippen LogP contribution in [0.5, 0.6) is 0 Å². The van der Waals surface area contributed by atoms with Crippen molar-refractivity contribution in [3.63, 3.8) is 0 Å². The largest absolute Gasteiger partial charge is 0.364 e. The van der Waals surface area contributed by atoms with Crippen molar-refractivity contribution >= 4 is 11.7 Å². The fourth-order valence-electron chi connectivity index (χ4n) is 3.48. The van der Waals surface area contributed by atoms with Gasteiger partial charge in [-0.3, -0.25) is 9.48 Å². The Morgan fingerprint density at radius 1 is 1.19 bits per heavy atom. The molecule has 32 heavy (non-hydrogen) atoms. The molecule has 162 valence electrons. The normalized spacial score (nSPS) is 15.7. The number of nitrogens with one attached hydrogen (secondary N) is 2. The lowest BCUT2D eigenvalue weighted by Gasteiger charge is -2.12. The Kier molecular flexibility index (Phi) is 5.06. The minimum Gasteiger partial charge on any atom is -0.364 e. The van der Waals surface area contributed by atoms with E-state index < -0.39 is 5.82 Å². The fraction of sp³-hybridized carbons (Fsp3) is 0.190. The van der Waals surface area contributed by atoms with E-state index in [0.717, 1.165) is 6.20 Å². The highest BCUT2D eigenvalue weighted by Gasteiger charge is 2.24. The second kappa shape index (κ2) is 8.17. The summed E-state index contributed by atoms with van der Waals surface area (Å²) in [6.07, 6.45) is 2.69. The van der Waals surface area contributed by atoms with E-state index in [1.807, 2.05) is 0 Å². The summed E-state index contributed by atoms with van der Waals surface area (Å²) in [7, 11) is 0. The number of carbonyl (C=O) groups excluding carboxylic acids is 1. The molecule has 1 unspecified atom stereocenters. The molecule has 3 aromatic heterocycles. The summed E-state index contributed by atoms with van der Waals surface area (Å²) in [5.74, 6) is -0.969. The minimum atomic E-state index is -0.643. The highest BCUT2D eigenvalue weighted by Crippen LogP contribution is 2.26. The Morgan fingerprint density at radius 2 is 2.06 bits per heavy atom. The Hall–Kier alpha value is -4.15. The highest BCUT2D eigenvalue weighted by molar-refractivity contribution is 5.79. The van der Waals surface area contributed by atoms with Crippen molar-refractivity contribution in [3.8, 4) is 22.9 Å². The molecule has 1 aromatic carbocycles. The molecule has 2 N–H and O–H groups in total. The average molecular weight is 437 g/mol. The molecule has 5 rings (SSSR count). The van der Waals surface area contributed by atoms with Gasteiger partial charge in [-0.1, -0.05) is 23.4 Å². The summed E-state index contributed by atoms with van der Waals surface area (Å²) in [4.78, 5) is 19.7. The van der Waals surface area contributed by atoms with Crippen LogP contribution in [-0.2, 0) is 11.3 Å². The smallest absolute Gasteiger partial charge is 0.222 e. The average Bonchev–Trinajstić information content (AvgIpc) is 3.53. The lowest BCUT2D eigenvalue weighted by molar-refractivity contribution is -0.119. The van der Waals surface area contributed by atoms with Gasteiger partial charge in [-0.2, -0.15) is 5.10 Å². The predicted octanol–water partition coefficient (Wildman–Crippen LogP) is 2.62. The van der Waals surface area contributed by atoms with E-state index in [1.165, 1.54) is 12.3 Å². The number of hydrogen-bond acceptors (Lipinski definition) is 7. The Balaban J connectivity index is 1.50. The molecule has 0 aliphatic carbocycles. The van der Waals surface area contributed by atoms with Crippen molar-refractivity contribution in [1.82, 2.24) is 30.2 Å². The first-order chi connectivity index (χ1) is 15.6. The number of amides is 1. The molecule has 1 aliphatic rings. The summed E-state index contributed by atoms with van der Waals surface area (Å²) in [5.41, 5.74) is 1.84. The summed E-state index contributed by atoms with van der Waals surface area (Å²) in [6, 6.07) is 9.44. The SMILES string of the molecule is O=C1CC(Nc2nc(-c3cc(-c4ccon4)n(Cc4ccccc4F)n3)ncc2F)CN1. The first kappa shape index (κ1) is 19.8. The summed E-state index contributed by atoms with van der Waals surface area (Å²) < 4.78 is 35.0. The lowest BCUT2D eigenvalue weighted by atomic mass is 10.2. The van der Waals surface area contributed by atoms with Gasteiger partial charge in [-0.25, -0.2) is 18.7 Å². The third-order valence-corrected chi connectivity index (χ3v) is 5.05. The maximum Gasteiger partial charge on any atom is 0.222 e. The van der Waals surface area contributed by atoms with E-state index in [1.54, 1.807) is 35.0 Å². The molecule has 0 spiro atoms. The standard InChI is InChI=1S/C21H17F2N7O2/c22-14-4-2-1-3-12(14)11-30-18(16-5-6-32-29-16)8-17(28-30)21-25-10-15(23)20(27-21)26-13-7-19(31)24-9-13/h1-6,8,10,13H,7,9,11H2,(H,24,31)(H,25,26,27). The van der Waals surface area contributed by atoms with Gasteiger partial charge >= 0.3 is 0 Å². The van der Waals surface area contributed by atoms with Gasteiger partial charge in [0.25, 0.3) is 0 Å². The van der Waals surface area contributed by atoms with Crippen molar-refractivity contribution < 1.29 is 18.1 Å². The molecule has 0 radical (unpaired) electrons.